The average molecular weight is 288 g/mol. The molecule has 0 saturated carbocycles. The van der Waals surface area contributed by atoms with Gasteiger partial charge in [0.25, 0.3) is 0 Å². The Labute approximate surface area is 119 Å². The van der Waals surface area contributed by atoms with E-state index in [4.69, 9.17) is 9.84 Å². The largest absolute Gasteiger partial charge is 0.480 e. The van der Waals surface area contributed by atoms with E-state index in [0.29, 0.717) is 13.0 Å². The molecule has 0 heterocycles. The van der Waals surface area contributed by atoms with Crippen molar-refractivity contribution in [1.29, 1.82) is 0 Å². The highest BCUT2D eigenvalue weighted by molar-refractivity contribution is 5.83. The molecule has 0 aromatic carbocycles. The van der Waals surface area contributed by atoms with Gasteiger partial charge in [0.15, 0.2) is 0 Å². The first kappa shape index (κ1) is 18.4. The minimum atomic E-state index is -1.05. The van der Waals surface area contributed by atoms with Gasteiger partial charge in [0, 0.05) is 40.0 Å². The predicted molar refractivity (Wildman–Crippen MR) is 73.2 cm³/mol. The fourth-order valence-electron chi connectivity index (χ4n) is 1.61. The molecule has 2 amide bonds. The van der Waals surface area contributed by atoms with Crippen molar-refractivity contribution in [3.8, 4) is 0 Å². The molecule has 0 aromatic heterocycles. The standard InChI is InChI=1S/C13H24N2O5/c1-10(16)14-8-5-3-4-6-12(17)15-11(13(18)19)7-9-20-2/h11H,3-9H2,1-2H3,(H,14,16)(H,15,17)(H,18,19). The molecule has 0 radical (unpaired) electrons. The van der Waals surface area contributed by atoms with Crippen molar-refractivity contribution in [1.82, 2.24) is 10.6 Å². The summed E-state index contributed by atoms with van der Waals surface area (Å²) in [7, 11) is 1.48. The van der Waals surface area contributed by atoms with E-state index in [0.717, 1.165) is 12.8 Å². The van der Waals surface area contributed by atoms with Crippen LogP contribution in [-0.2, 0) is 19.1 Å². The maximum Gasteiger partial charge on any atom is 0.326 e. The second-order valence-electron chi connectivity index (χ2n) is 4.53. The van der Waals surface area contributed by atoms with E-state index >= 15 is 0 Å². The van der Waals surface area contributed by atoms with Gasteiger partial charge in [0.2, 0.25) is 11.8 Å². The van der Waals surface area contributed by atoms with Crippen molar-refractivity contribution in [2.24, 2.45) is 0 Å². The molecule has 1 unspecified atom stereocenters. The third-order valence-electron chi connectivity index (χ3n) is 2.70. The molecule has 0 aliphatic rings. The van der Waals surface area contributed by atoms with Crippen LogP contribution in [0.3, 0.4) is 0 Å². The number of rotatable bonds is 11. The molecule has 0 rings (SSSR count). The van der Waals surface area contributed by atoms with Crippen LogP contribution < -0.4 is 10.6 Å². The SMILES string of the molecule is COCCC(NC(=O)CCCCCNC(C)=O)C(=O)O. The lowest BCUT2D eigenvalue weighted by molar-refractivity contribution is -0.142. The van der Waals surface area contributed by atoms with Crippen LogP contribution in [-0.4, -0.2) is 49.2 Å². The number of unbranched alkanes of at least 4 members (excludes halogenated alkanes) is 2. The van der Waals surface area contributed by atoms with Gasteiger partial charge >= 0.3 is 5.97 Å². The van der Waals surface area contributed by atoms with Crippen molar-refractivity contribution < 1.29 is 24.2 Å². The molecule has 7 heteroatoms. The van der Waals surface area contributed by atoms with Gasteiger partial charge in [-0.25, -0.2) is 4.79 Å². The summed E-state index contributed by atoms with van der Waals surface area (Å²) < 4.78 is 4.80. The summed E-state index contributed by atoms with van der Waals surface area (Å²) >= 11 is 0. The van der Waals surface area contributed by atoms with Gasteiger partial charge in [0.1, 0.15) is 6.04 Å². The summed E-state index contributed by atoms with van der Waals surface area (Å²) in [5.41, 5.74) is 0. The smallest absolute Gasteiger partial charge is 0.326 e. The Hall–Kier alpha value is -1.63. The van der Waals surface area contributed by atoms with Crippen LogP contribution >= 0.6 is 0 Å². The van der Waals surface area contributed by atoms with Crippen molar-refractivity contribution in [3.63, 3.8) is 0 Å². The molecule has 3 N–H and O–H groups in total. The van der Waals surface area contributed by atoms with Crippen molar-refractivity contribution >= 4 is 17.8 Å². The maximum absolute atomic E-state index is 11.6. The summed E-state index contributed by atoms with van der Waals surface area (Å²) in [4.78, 5) is 33.1. The van der Waals surface area contributed by atoms with Crippen LogP contribution in [0.25, 0.3) is 0 Å². The molecule has 0 bridgehead atoms. The Morgan fingerprint density at radius 3 is 2.45 bits per heavy atom. The summed E-state index contributed by atoms with van der Waals surface area (Å²) in [6.45, 7) is 2.34. The summed E-state index contributed by atoms with van der Waals surface area (Å²) in [6, 6.07) is -0.901. The number of methoxy groups -OCH3 is 1. The topological polar surface area (TPSA) is 105 Å². The zero-order chi connectivity index (χ0) is 15.4. The molecule has 20 heavy (non-hydrogen) atoms. The van der Waals surface area contributed by atoms with Gasteiger partial charge in [-0.05, 0) is 12.8 Å². The van der Waals surface area contributed by atoms with Gasteiger partial charge in [-0.3, -0.25) is 9.59 Å². The highest BCUT2D eigenvalue weighted by Crippen LogP contribution is 2.01. The van der Waals surface area contributed by atoms with E-state index in [9.17, 15) is 14.4 Å². The zero-order valence-corrected chi connectivity index (χ0v) is 12.1. The van der Waals surface area contributed by atoms with Crippen molar-refractivity contribution in [2.45, 2.75) is 45.1 Å². The van der Waals surface area contributed by atoms with Crippen LogP contribution in [0.15, 0.2) is 0 Å². The number of carboxylic acids is 1. The third kappa shape index (κ3) is 10.3. The Kier molecular flexibility index (Phi) is 10.3. The predicted octanol–water partition coefficient (Wildman–Crippen LogP) is 0.289. The number of carbonyl (C=O) groups is 3. The number of nitrogens with one attached hydrogen (secondary N) is 2. The first-order valence-corrected chi connectivity index (χ1v) is 6.73. The highest BCUT2D eigenvalue weighted by atomic mass is 16.5. The van der Waals surface area contributed by atoms with Gasteiger partial charge in [-0.1, -0.05) is 6.42 Å². The minimum absolute atomic E-state index is 0.0646. The fraction of sp³-hybridized carbons (Fsp3) is 0.769. The number of aliphatic carboxylic acids is 1. The van der Waals surface area contributed by atoms with Crippen LogP contribution in [0, 0.1) is 0 Å². The number of ether oxygens (including phenoxy) is 1. The van der Waals surface area contributed by atoms with E-state index in [1.807, 2.05) is 0 Å². The second kappa shape index (κ2) is 11.2. The molecule has 0 fully saturated rings. The first-order chi connectivity index (χ1) is 9.47. The van der Waals surface area contributed by atoms with Crippen molar-refractivity contribution in [3.05, 3.63) is 0 Å². The van der Waals surface area contributed by atoms with E-state index < -0.39 is 12.0 Å². The molecule has 0 aromatic rings. The van der Waals surface area contributed by atoms with Gasteiger partial charge < -0.3 is 20.5 Å². The lowest BCUT2D eigenvalue weighted by atomic mass is 10.1. The molecule has 116 valence electrons. The number of hydrogen-bond acceptors (Lipinski definition) is 4. The minimum Gasteiger partial charge on any atom is -0.480 e. The Bertz CT molecular complexity index is 320. The number of hydrogen-bond donors (Lipinski definition) is 3. The van der Waals surface area contributed by atoms with E-state index in [2.05, 4.69) is 10.6 Å². The molecule has 1 atom stereocenters. The molecule has 0 spiro atoms. The van der Waals surface area contributed by atoms with Gasteiger partial charge in [0.05, 0.1) is 0 Å². The monoisotopic (exact) mass is 288 g/mol. The third-order valence-corrected chi connectivity index (χ3v) is 2.70. The van der Waals surface area contributed by atoms with Gasteiger partial charge in [-0.2, -0.15) is 0 Å². The Morgan fingerprint density at radius 1 is 1.20 bits per heavy atom. The zero-order valence-electron chi connectivity index (χ0n) is 12.1. The number of carbonyl (C=O) groups excluding carboxylic acids is 2. The van der Waals surface area contributed by atoms with Crippen LogP contribution in [0.4, 0.5) is 0 Å². The average Bonchev–Trinajstić information content (AvgIpc) is 2.37. The van der Waals surface area contributed by atoms with Crippen LogP contribution in [0.2, 0.25) is 0 Å². The molecule has 7 nitrogen and oxygen atoms in total. The number of amides is 2. The molecule has 0 aliphatic heterocycles. The summed E-state index contributed by atoms with van der Waals surface area (Å²) in [5, 5.41) is 14.1. The molecular weight excluding hydrogens is 264 g/mol. The first-order valence-electron chi connectivity index (χ1n) is 6.73. The van der Waals surface area contributed by atoms with E-state index in [-0.39, 0.29) is 31.3 Å². The van der Waals surface area contributed by atoms with Crippen molar-refractivity contribution in [2.75, 3.05) is 20.3 Å². The van der Waals surface area contributed by atoms with E-state index in [1.54, 1.807) is 0 Å². The number of carboxylic acid groups (broad SMARTS) is 1. The second-order valence-corrected chi connectivity index (χ2v) is 4.53. The maximum atomic E-state index is 11.6. The highest BCUT2D eigenvalue weighted by Gasteiger charge is 2.18. The summed E-state index contributed by atoms with van der Waals surface area (Å²) in [6.07, 6.45) is 2.82. The molecule has 0 saturated heterocycles. The lowest BCUT2D eigenvalue weighted by Crippen LogP contribution is -2.41. The molecule has 0 aliphatic carbocycles. The molecular formula is C13H24N2O5. The summed E-state index contributed by atoms with van der Waals surface area (Å²) in [5.74, 6) is -1.39. The quantitative estimate of drug-likeness (QED) is 0.474. The lowest BCUT2D eigenvalue weighted by Gasteiger charge is -2.13. The Balaban J connectivity index is 3.74. The van der Waals surface area contributed by atoms with Crippen LogP contribution in [0.5, 0.6) is 0 Å². The normalized spacial score (nSPS) is 11.7. The van der Waals surface area contributed by atoms with Gasteiger partial charge in [-0.15, -0.1) is 0 Å². The Morgan fingerprint density at radius 2 is 1.90 bits per heavy atom. The van der Waals surface area contributed by atoms with Crippen LogP contribution in [0.1, 0.15) is 39.0 Å². The van der Waals surface area contributed by atoms with E-state index in [1.165, 1.54) is 14.0 Å². The fourth-order valence-corrected chi connectivity index (χ4v) is 1.61.